The number of benzene rings is 2. The zero-order chi connectivity index (χ0) is 14.0. The molecule has 0 bridgehead atoms. The molecule has 0 heterocycles. The standard InChI is InChI=1S/C16H17NO2/c1-11-3-5-12(6-4-11)13-7-9-14(10-8-13)16(2,17)15(18)19/h3-10H,17H2,1-2H3,(H,18,19). The number of carboxylic acid groups (broad SMARTS) is 1. The lowest BCUT2D eigenvalue weighted by Gasteiger charge is -2.19. The van der Waals surface area contributed by atoms with Crippen LogP contribution in [-0.2, 0) is 10.3 Å². The summed E-state index contributed by atoms with van der Waals surface area (Å²) in [6, 6.07) is 15.5. The van der Waals surface area contributed by atoms with Gasteiger partial charge in [0.25, 0.3) is 0 Å². The third-order valence-electron chi connectivity index (χ3n) is 3.31. The van der Waals surface area contributed by atoms with Crippen LogP contribution in [-0.4, -0.2) is 11.1 Å². The molecule has 2 aromatic carbocycles. The molecule has 3 nitrogen and oxygen atoms in total. The molecule has 3 N–H and O–H groups in total. The van der Waals surface area contributed by atoms with E-state index < -0.39 is 11.5 Å². The molecule has 0 radical (unpaired) electrons. The van der Waals surface area contributed by atoms with Gasteiger partial charge in [0.2, 0.25) is 0 Å². The summed E-state index contributed by atoms with van der Waals surface area (Å²) >= 11 is 0. The van der Waals surface area contributed by atoms with Crippen LogP contribution in [0.15, 0.2) is 48.5 Å². The van der Waals surface area contributed by atoms with Gasteiger partial charge in [-0.15, -0.1) is 0 Å². The van der Waals surface area contributed by atoms with E-state index in [0.717, 1.165) is 11.1 Å². The third kappa shape index (κ3) is 2.66. The maximum absolute atomic E-state index is 11.1. The fourth-order valence-corrected chi connectivity index (χ4v) is 1.88. The molecule has 0 saturated heterocycles. The monoisotopic (exact) mass is 255 g/mol. The Hall–Kier alpha value is -2.13. The normalized spacial score (nSPS) is 13.8. The van der Waals surface area contributed by atoms with Gasteiger partial charge in [0.05, 0.1) is 0 Å². The minimum Gasteiger partial charge on any atom is -0.480 e. The molecular formula is C16H17NO2. The first-order valence-electron chi connectivity index (χ1n) is 6.11. The average Bonchev–Trinajstić information content (AvgIpc) is 2.39. The SMILES string of the molecule is Cc1ccc(-c2ccc(C(C)(N)C(=O)O)cc2)cc1. The molecule has 0 spiro atoms. The van der Waals surface area contributed by atoms with Crippen molar-refractivity contribution in [2.75, 3.05) is 0 Å². The Bertz CT molecular complexity index is 583. The van der Waals surface area contributed by atoms with Crippen molar-refractivity contribution in [3.8, 4) is 11.1 Å². The van der Waals surface area contributed by atoms with E-state index >= 15 is 0 Å². The van der Waals surface area contributed by atoms with Gasteiger partial charge < -0.3 is 10.8 Å². The predicted octanol–water partition coefficient (Wildman–Crippen LogP) is 2.92. The van der Waals surface area contributed by atoms with Crippen LogP contribution >= 0.6 is 0 Å². The van der Waals surface area contributed by atoms with Gasteiger partial charge in [0, 0.05) is 0 Å². The summed E-state index contributed by atoms with van der Waals surface area (Å²) in [6.45, 7) is 3.54. The lowest BCUT2D eigenvalue weighted by molar-refractivity contribution is -0.143. The van der Waals surface area contributed by atoms with Crippen molar-refractivity contribution >= 4 is 5.97 Å². The topological polar surface area (TPSA) is 63.3 Å². The first kappa shape index (κ1) is 13.3. The van der Waals surface area contributed by atoms with E-state index in [1.807, 2.05) is 43.3 Å². The largest absolute Gasteiger partial charge is 0.480 e. The summed E-state index contributed by atoms with van der Waals surface area (Å²) in [4.78, 5) is 11.1. The average molecular weight is 255 g/mol. The molecule has 0 amide bonds. The van der Waals surface area contributed by atoms with Crippen LogP contribution in [0.3, 0.4) is 0 Å². The van der Waals surface area contributed by atoms with Gasteiger partial charge >= 0.3 is 5.97 Å². The Morgan fingerprint density at radius 3 is 1.84 bits per heavy atom. The summed E-state index contributed by atoms with van der Waals surface area (Å²) in [5.74, 6) is -1.03. The van der Waals surface area contributed by atoms with Crippen molar-refractivity contribution in [1.82, 2.24) is 0 Å². The second-order valence-corrected chi connectivity index (χ2v) is 4.95. The molecule has 0 fully saturated rings. The van der Waals surface area contributed by atoms with Gasteiger partial charge in [-0.2, -0.15) is 0 Å². The highest BCUT2D eigenvalue weighted by molar-refractivity contribution is 5.80. The lowest BCUT2D eigenvalue weighted by atomic mass is 9.91. The van der Waals surface area contributed by atoms with Crippen molar-refractivity contribution in [3.63, 3.8) is 0 Å². The van der Waals surface area contributed by atoms with E-state index in [1.165, 1.54) is 12.5 Å². The van der Waals surface area contributed by atoms with Gasteiger partial charge in [-0.1, -0.05) is 54.1 Å². The van der Waals surface area contributed by atoms with E-state index in [9.17, 15) is 4.79 Å². The fraction of sp³-hybridized carbons (Fsp3) is 0.188. The van der Waals surface area contributed by atoms with Crippen molar-refractivity contribution in [2.45, 2.75) is 19.4 Å². The summed E-state index contributed by atoms with van der Waals surface area (Å²) in [7, 11) is 0. The number of hydrogen-bond acceptors (Lipinski definition) is 2. The molecule has 0 aromatic heterocycles. The van der Waals surface area contributed by atoms with Crippen LogP contribution in [0.5, 0.6) is 0 Å². The number of hydrogen-bond donors (Lipinski definition) is 2. The number of carbonyl (C=O) groups is 1. The van der Waals surface area contributed by atoms with Gasteiger partial charge in [0.15, 0.2) is 0 Å². The molecule has 1 atom stereocenters. The molecule has 19 heavy (non-hydrogen) atoms. The quantitative estimate of drug-likeness (QED) is 0.886. The van der Waals surface area contributed by atoms with Crippen LogP contribution in [0.2, 0.25) is 0 Å². The smallest absolute Gasteiger partial charge is 0.328 e. The number of rotatable bonds is 3. The number of carboxylic acids is 1. The Kier molecular flexibility index (Phi) is 3.40. The fourth-order valence-electron chi connectivity index (χ4n) is 1.88. The van der Waals surface area contributed by atoms with Gasteiger partial charge in [0.1, 0.15) is 5.54 Å². The summed E-state index contributed by atoms with van der Waals surface area (Å²) in [5.41, 5.74) is 8.39. The van der Waals surface area contributed by atoms with Crippen LogP contribution in [0.4, 0.5) is 0 Å². The first-order chi connectivity index (χ1) is 8.91. The van der Waals surface area contributed by atoms with E-state index in [-0.39, 0.29) is 0 Å². The first-order valence-corrected chi connectivity index (χ1v) is 6.11. The Morgan fingerprint density at radius 1 is 1.00 bits per heavy atom. The van der Waals surface area contributed by atoms with Gasteiger partial charge in [-0.3, -0.25) is 0 Å². The van der Waals surface area contributed by atoms with E-state index in [2.05, 4.69) is 0 Å². The van der Waals surface area contributed by atoms with Crippen LogP contribution < -0.4 is 5.73 Å². The minimum absolute atomic E-state index is 0.593. The maximum Gasteiger partial charge on any atom is 0.328 e. The van der Waals surface area contributed by atoms with Crippen molar-refractivity contribution in [3.05, 3.63) is 59.7 Å². The minimum atomic E-state index is -1.36. The predicted molar refractivity (Wildman–Crippen MR) is 75.8 cm³/mol. The number of nitrogens with two attached hydrogens (primary N) is 1. The highest BCUT2D eigenvalue weighted by Crippen LogP contribution is 2.24. The summed E-state index contributed by atoms with van der Waals surface area (Å²) < 4.78 is 0. The Labute approximate surface area is 112 Å². The van der Waals surface area contributed by atoms with Crippen LogP contribution in [0.1, 0.15) is 18.1 Å². The molecular weight excluding hydrogens is 238 g/mol. The molecule has 2 rings (SSSR count). The molecule has 0 saturated carbocycles. The number of aliphatic carboxylic acids is 1. The number of aryl methyl sites for hydroxylation is 1. The van der Waals surface area contributed by atoms with E-state index in [1.54, 1.807) is 12.1 Å². The van der Waals surface area contributed by atoms with E-state index in [0.29, 0.717) is 5.56 Å². The molecule has 0 aliphatic rings. The highest BCUT2D eigenvalue weighted by Gasteiger charge is 2.29. The van der Waals surface area contributed by atoms with Gasteiger partial charge in [-0.25, -0.2) is 4.79 Å². The zero-order valence-electron chi connectivity index (χ0n) is 11.1. The lowest BCUT2D eigenvalue weighted by Crippen LogP contribution is -2.41. The molecule has 0 aliphatic heterocycles. The Balaban J connectivity index is 2.33. The summed E-state index contributed by atoms with van der Waals surface area (Å²) in [6.07, 6.45) is 0. The van der Waals surface area contributed by atoms with Crippen molar-refractivity contribution < 1.29 is 9.90 Å². The van der Waals surface area contributed by atoms with Gasteiger partial charge in [-0.05, 0) is 30.5 Å². The molecule has 3 heteroatoms. The molecule has 2 aromatic rings. The maximum atomic E-state index is 11.1. The second-order valence-electron chi connectivity index (χ2n) is 4.95. The molecule has 0 aliphatic carbocycles. The van der Waals surface area contributed by atoms with Crippen LogP contribution in [0.25, 0.3) is 11.1 Å². The Morgan fingerprint density at radius 2 is 1.42 bits per heavy atom. The van der Waals surface area contributed by atoms with Crippen molar-refractivity contribution in [1.29, 1.82) is 0 Å². The summed E-state index contributed by atoms with van der Waals surface area (Å²) in [5, 5.41) is 9.09. The van der Waals surface area contributed by atoms with E-state index in [4.69, 9.17) is 10.8 Å². The third-order valence-corrected chi connectivity index (χ3v) is 3.31. The molecule has 98 valence electrons. The second kappa shape index (κ2) is 4.86. The zero-order valence-corrected chi connectivity index (χ0v) is 11.1. The molecule has 1 unspecified atom stereocenters. The highest BCUT2D eigenvalue weighted by atomic mass is 16.4. The van der Waals surface area contributed by atoms with Crippen molar-refractivity contribution in [2.24, 2.45) is 5.73 Å². The van der Waals surface area contributed by atoms with Crippen LogP contribution in [0, 0.1) is 6.92 Å².